The number of nitrogens with zero attached hydrogens (tertiary/aromatic N) is 2. The SMILES string of the molecule is Cn1ccnc1CCC(=O)NCCc1c(-c2ccc(F)cc2)[nH]c2c(F)cc(F)cc12. The van der Waals surface area contributed by atoms with Gasteiger partial charge < -0.3 is 14.9 Å². The van der Waals surface area contributed by atoms with Crippen LogP contribution in [0.15, 0.2) is 48.8 Å². The molecule has 4 rings (SSSR count). The predicted octanol–water partition coefficient (Wildman–Crippen LogP) is 4.28. The zero-order valence-electron chi connectivity index (χ0n) is 16.9. The lowest BCUT2D eigenvalue weighted by atomic mass is 10.0. The second-order valence-corrected chi connectivity index (χ2v) is 7.35. The monoisotopic (exact) mass is 426 g/mol. The molecule has 1 amide bonds. The molecule has 5 nitrogen and oxygen atoms in total. The van der Waals surface area contributed by atoms with E-state index < -0.39 is 17.5 Å². The summed E-state index contributed by atoms with van der Waals surface area (Å²) in [6.07, 6.45) is 4.65. The molecule has 8 heteroatoms. The predicted molar refractivity (Wildman–Crippen MR) is 112 cm³/mol. The van der Waals surface area contributed by atoms with Crippen molar-refractivity contribution in [3.8, 4) is 11.3 Å². The molecule has 0 bridgehead atoms. The highest BCUT2D eigenvalue weighted by molar-refractivity contribution is 5.91. The first-order valence-electron chi connectivity index (χ1n) is 9.91. The van der Waals surface area contributed by atoms with E-state index in [2.05, 4.69) is 15.3 Å². The Balaban J connectivity index is 1.53. The highest BCUT2D eigenvalue weighted by atomic mass is 19.1. The van der Waals surface area contributed by atoms with Crippen molar-refractivity contribution in [1.29, 1.82) is 0 Å². The Kier molecular flexibility index (Phi) is 5.79. The number of H-pyrrole nitrogens is 1. The summed E-state index contributed by atoms with van der Waals surface area (Å²) in [7, 11) is 1.87. The molecule has 0 saturated heterocycles. The number of aromatic nitrogens is 3. The molecule has 0 spiro atoms. The summed E-state index contributed by atoms with van der Waals surface area (Å²) in [5.41, 5.74) is 2.05. The minimum absolute atomic E-state index is 0.136. The van der Waals surface area contributed by atoms with Crippen LogP contribution < -0.4 is 5.32 Å². The summed E-state index contributed by atoms with van der Waals surface area (Å²) in [6.45, 7) is 0.290. The third-order valence-corrected chi connectivity index (χ3v) is 5.26. The van der Waals surface area contributed by atoms with Crippen LogP contribution in [0.4, 0.5) is 13.2 Å². The molecule has 2 aromatic heterocycles. The van der Waals surface area contributed by atoms with Crippen molar-refractivity contribution in [3.05, 3.63) is 77.6 Å². The van der Waals surface area contributed by atoms with Crippen molar-refractivity contribution in [3.63, 3.8) is 0 Å². The zero-order chi connectivity index (χ0) is 22.0. The van der Waals surface area contributed by atoms with Crippen LogP contribution >= 0.6 is 0 Å². The van der Waals surface area contributed by atoms with Crippen molar-refractivity contribution in [2.24, 2.45) is 7.05 Å². The van der Waals surface area contributed by atoms with Gasteiger partial charge in [0.05, 0.1) is 5.52 Å². The molecule has 0 aliphatic carbocycles. The number of hydrogen-bond donors (Lipinski definition) is 2. The van der Waals surface area contributed by atoms with Gasteiger partial charge in [-0.1, -0.05) is 0 Å². The van der Waals surface area contributed by atoms with Crippen LogP contribution in [0.2, 0.25) is 0 Å². The first-order chi connectivity index (χ1) is 14.9. The summed E-state index contributed by atoms with van der Waals surface area (Å²) >= 11 is 0. The van der Waals surface area contributed by atoms with E-state index in [-0.39, 0.29) is 17.8 Å². The largest absolute Gasteiger partial charge is 0.356 e. The molecule has 0 radical (unpaired) electrons. The fourth-order valence-corrected chi connectivity index (χ4v) is 3.67. The van der Waals surface area contributed by atoms with Gasteiger partial charge in [0.25, 0.3) is 0 Å². The Morgan fingerprint density at radius 3 is 2.58 bits per heavy atom. The molecule has 31 heavy (non-hydrogen) atoms. The lowest BCUT2D eigenvalue weighted by molar-refractivity contribution is -0.121. The molecule has 0 aliphatic rings. The number of fused-ring (bicyclic) bond motifs is 1. The summed E-state index contributed by atoms with van der Waals surface area (Å²) in [5, 5.41) is 3.25. The average molecular weight is 426 g/mol. The number of amides is 1. The summed E-state index contributed by atoms with van der Waals surface area (Å²) in [4.78, 5) is 19.4. The molecule has 2 aromatic carbocycles. The van der Waals surface area contributed by atoms with Gasteiger partial charge >= 0.3 is 0 Å². The molecule has 0 unspecified atom stereocenters. The lowest BCUT2D eigenvalue weighted by Gasteiger charge is -2.08. The number of hydrogen-bond acceptors (Lipinski definition) is 2. The van der Waals surface area contributed by atoms with Crippen molar-refractivity contribution >= 4 is 16.8 Å². The number of carbonyl (C=O) groups is 1. The van der Waals surface area contributed by atoms with E-state index in [9.17, 15) is 18.0 Å². The molecule has 0 fully saturated rings. The lowest BCUT2D eigenvalue weighted by Crippen LogP contribution is -2.26. The number of nitrogens with one attached hydrogen (secondary N) is 2. The minimum Gasteiger partial charge on any atom is -0.356 e. The summed E-state index contributed by atoms with van der Waals surface area (Å²) in [5.74, 6) is -1.10. The highest BCUT2D eigenvalue weighted by Gasteiger charge is 2.17. The number of carbonyl (C=O) groups excluding carboxylic acids is 1. The van der Waals surface area contributed by atoms with Crippen LogP contribution in [0.5, 0.6) is 0 Å². The maximum absolute atomic E-state index is 14.3. The molecule has 0 saturated carbocycles. The maximum Gasteiger partial charge on any atom is 0.220 e. The smallest absolute Gasteiger partial charge is 0.220 e. The van der Waals surface area contributed by atoms with Crippen molar-refractivity contribution in [1.82, 2.24) is 19.9 Å². The second-order valence-electron chi connectivity index (χ2n) is 7.35. The third kappa shape index (κ3) is 4.47. The Hall–Kier alpha value is -3.55. The molecule has 2 N–H and O–H groups in total. The number of halogens is 3. The van der Waals surface area contributed by atoms with E-state index in [1.165, 1.54) is 18.2 Å². The Morgan fingerprint density at radius 1 is 1.10 bits per heavy atom. The molecule has 2 heterocycles. The molecular weight excluding hydrogens is 405 g/mol. The van der Waals surface area contributed by atoms with E-state index in [1.807, 2.05) is 17.8 Å². The fraction of sp³-hybridized carbons (Fsp3) is 0.217. The molecule has 160 valence electrons. The summed E-state index contributed by atoms with van der Waals surface area (Å²) < 4.78 is 43.4. The van der Waals surface area contributed by atoms with Gasteiger partial charge in [0.15, 0.2) is 0 Å². The fourth-order valence-electron chi connectivity index (χ4n) is 3.67. The van der Waals surface area contributed by atoms with Crippen molar-refractivity contribution in [2.45, 2.75) is 19.3 Å². The number of benzene rings is 2. The average Bonchev–Trinajstić information content (AvgIpc) is 3.31. The summed E-state index contributed by atoms with van der Waals surface area (Å²) in [6, 6.07) is 7.84. The van der Waals surface area contributed by atoms with E-state index >= 15 is 0 Å². The second kappa shape index (κ2) is 8.67. The number of imidazole rings is 1. The van der Waals surface area contributed by atoms with Crippen LogP contribution in [0.25, 0.3) is 22.2 Å². The quantitative estimate of drug-likeness (QED) is 0.464. The molecular formula is C23H21F3N4O. The maximum atomic E-state index is 14.3. The Labute approximate surface area is 176 Å². The highest BCUT2D eigenvalue weighted by Crippen LogP contribution is 2.32. The number of aromatic amines is 1. The van der Waals surface area contributed by atoms with Crippen LogP contribution in [0.3, 0.4) is 0 Å². The molecule has 0 atom stereocenters. The van der Waals surface area contributed by atoms with Gasteiger partial charge in [0.2, 0.25) is 5.91 Å². The van der Waals surface area contributed by atoms with Crippen molar-refractivity contribution in [2.75, 3.05) is 6.54 Å². The van der Waals surface area contributed by atoms with Gasteiger partial charge in [0, 0.05) is 56.0 Å². The van der Waals surface area contributed by atoms with Gasteiger partial charge in [-0.25, -0.2) is 18.2 Å². The third-order valence-electron chi connectivity index (χ3n) is 5.26. The number of aryl methyl sites for hydroxylation is 2. The Morgan fingerprint density at radius 2 is 1.87 bits per heavy atom. The molecule has 4 aromatic rings. The van der Waals surface area contributed by atoms with Gasteiger partial charge in [0.1, 0.15) is 23.3 Å². The van der Waals surface area contributed by atoms with Crippen LogP contribution in [0.1, 0.15) is 17.8 Å². The van der Waals surface area contributed by atoms with Gasteiger partial charge in [-0.15, -0.1) is 0 Å². The number of rotatable bonds is 7. The van der Waals surface area contributed by atoms with E-state index in [0.717, 1.165) is 11.9 Å². The van der Waals surface area contributed by atoms with Gasteiger partial charge in [-0.3, -0.25) is 4.79 Å². The molecule has 0 aliphatic heterocycles. The van der Waals surface area contributed by atoms with E-state index in [1.54, 1.807) is 18.3 Å². The Bertz CT molecular complexity index is 1230. The normalized spacial score (nSPS) is 11.2. The van der Waals surface area contributed by atoms with E-state index in [0.29, 0.717) is 41.6 Å². The zero-order valence-corrected chi connectivity index (χ0v) is 16.9. The minimum atomic E-state index is -0.705. The van der Waals surface area contributed by atoms with Gasteiger partial charge in [-0.2, -0.15) is 0 Å². The van der Waals surface area contributed by atoms with Gasteiger partial charge in [-0.05, 0) is 47.9 Å². The van der Waals surface area contributed by atoms with Crippen LogP contribution in [-0.4, -0.2) is 27.0 Å². The van der Waals surface area contributed by atoms with Crippen molar-refractivity contribution < 1.29 is 18.0 Å². The first-order valence-corrected chi connectivity index (χ1v) is 9.91. The first kappa shape index (κ1) is 20.7. The topological polar surface area (TPSA) is 62.7 Å². The standard InChI is InChI=1S/C23H21F3N4O/c1-30-11-10-27-20(30)6-7-21(31)28-9-8-17-18-12-16(25)13-19(26)23(18)29-22(17)14-2-4-15(24)5-3-14/h2-5,10-13,29H,6-9H2,1H3,(H,28,31). The van der Waals surface area contributed by atoms with Crippen LogP contribution in [0, 0.1) is 17.5 Å². The van der Waals surface area contributed by atoms with Crippen LogP contribution in [-0.2, 0) is 24.7 Å². The van der Waals surface area contributed by atoms with E-state index in [4.69, 9.17) is 0 Å².